The topological polar surface area (TPSA) is 59.3 Å². The minimum atomic E-state index is -1.000. The van der Waals surface area contributed by atoms with Crippen molar-refractivity contribution < 1.29 is 9.90 Å². The van der Waals surface area contributed by atoms with Crippen LogP contribution in [0.2, 0.25) is 0 Å². The third-order valence-corrected chi connectivity index (χ3v) is 3.33. The molecule has 0 aliphatic heterocycles. The van der Waals surface area contributed by atoms with Gasteiger partial charge in [0.2, 0.25) is 0 Å². The fourth-order valence-corrected chi connectivity index (χ4v) is 2.46. The Bertz CT molecular complexity index is 693. The Morgan fingerprint density at radius 2 is 1.74 bits per heavy atom. The van der Waals surface area contributed by atoms with E-state index in [2.05, 4.69) is 15.9 Å². The molecule has 98 valence electrons. The van der Waals surface area contributed by atoms with Crippen molar-refractivity contribution in [3.63, 3.8) is 0 Å². The van der Waals surface area contributed by atoms with Gasteiger partial charge >= 0.3 is 5.97 Å². The molecule has 0 radical (unpaired) electrons. The molecular weight excluding hydrogens is 310 g/mol. The highest BCUT2D eigenvalue weighted by Crippen LogP contribution is 2.23. The standard InChI is InChI=1S/C14H12BrNO3/c1-8-5-11(17)6-9(2)16(8)13-7-10(15)3-4-12(13)14(18)19/h3-7H,1-2H3,(H,18,19). The monoisotopic (exact) mass is 321 g/mol. The summed E-state index contributed by atoms with van der Waals surface area (Å²) in [6.45, 7) is 3.56. The van der Waals surface area contributed by atoms with Crippen LogP contribution in [0.25, 0.3) is 5.69 Å². The van der Waals surface area contributed by atoms with Gasteiger partial charge in [-0.05, 0) is 32.0 Å². The van der Waals surface area contributed by atoms with Gasteiger partial charge in [0, 0.05) is 28.0 Å². The molecule has 0 atom stereocenters. The first-order chi connectivity index (χ1) is 8.90. The Balaban J connectivity index is 2.82. The lowest BCUT2D eigenvalue weighted by Crippen LogP contribution is -2.14. The van der Waals surface area contributed by atoms with Gasteiger partial charge in [-0.1, -0.05) is 15.9 Å². The van der Waals surface area contributed by atoms with E-state index < -0.39 is 5.97 Å². The largest absolute Gasteiger partial charge is 0.478 e. The molecule has 0 bridgehead atoms. The second kappa shape index (κ2) is 5.01. The summed E-state index contributed by atoms with van der Waals surface area (Å²) < 4.78 is 2.54. The van der Waals surface area contributed by atoms with E-state index in [9.17, 15) is 14.7 Å². The van der Waals surface area contributed by atoms with Crippen LogP contribution >= 0.6 is 15.9 Å². The number of hydrogen-bond acceptors (Lipinski definition) is 2. The number of pyridine rings is 1. The predicted octanol–water partition coefficient (Wildman–Crippen LogP) is 2.92. The van der Waals surface area contributed by atoms with Crippen LogP contribution in [0.3, 0.4) is 0 Å². The van der Waals surface area contributed by atoms with Crippen molar-refractivity contribution in [3.05, 3.63) is 62.0 Å². The van der Waals surface area contributed by atoms with Crippen LogP contribution in [-0.2, 0) is 0 Å². The third kappa shape index (κ3) is 2.61. The zero-order chi connectivity index (χ0) is 14.2. The van der Waals surface area contributed by atoms with Gasteiger partial charge in [0.05, 0.1) is 11.3 Å². The molecule has 0 unspecified atom stereocenters. The number of nitrogens with zero attached hydrogens (tertiary/aromatic N) is 1. The Kier molecular flexibility index (Phi) is 3.57. The smallest absolute Gasteiger partial charge is 0.337 e. The molecule has 5 heteroatoms. The number of carboxylic acid groups (broad SMARTS) is 1. The minimum absolute atomic E-state index is 0.0851. The van der Waals surface area contributed by atoms with Gasteiger partial charge in [0.25, 0.3) is 0 Å². The van der Waals surface area contributed by atoms with Gasteiger partial charge in [0.1, 0.15) is 0 Å². The molecule has 1 N–H and O–H groups in total. The summed E-state index contributed by atoms with van der Waals surface area (Å²) in [5.41, 5.74) is 2.05. The highest BCUT2D eigenvalue weighted by atomic mass is 79.9. The minimum Gasteiger partial charge on any atom is -0.478 e. The molecule has 0 fully saturated rings. The van der Waals surface area contributed by atoms with Crippen LogP contribution in [0.5, 0.6) is 0 Å². The quantitative estimate of drug-likeness (QED) is 0.925. The van der Waals surface area contributed by atoms with Gasteiger partial charge < -0.3 is 9.67 Å². The van der Waals surface area contributed by atoms with Crippen molar-refractivity contribution in [2.45, 2.75) is 13.8 Å². The molecule has 1 heterocycles. The second-order valence-electron chi connectivity index (χ2n) is 4.28. The molecule has 0 aliphatic rings. The average Bonchev–Trinajstić information content (AvgIpc) is 2.27. The number of aryl methyl sites for hydroxylation is 2. The molecule has 2 rings (SSSR count). The first-order valence-electron chi connectivity index (χ1n) is 5.63. The first kappa shape index (κ1) is 13.5. The van der Waals surface area contributed by atoms with Crippen LogP contribution in [-0.4, -0.2) is 15.6 Å². The number of rotatable bonds is 2. The summed E-state index contributed by atoms with van der Waals surface area (Å²) in [4.78, 5) is 22.7. The van der Waals surface area contributed by atoms with Crippen molar-refractivity contribution in [2.75, 3.05) is 0 Å². The maximum atomic E-state index is 11.4. The van der Waals surface area contributed by atoms with Gasteiger partial charge in [-0.15, -0.1) is 0 Å². The molecule has 19 heavy (non-hydrogen) atoms. The van der Waals surface area contributed by atoms with Crippen LogP contribution < -0.4 is 5.43 Å². The van der Waals surface area contributed by atoms with Crippen LogP contribution in [0.15, 0.2) is 39.6 Å². The maximum absolute atomic E-state index is 11.4. The van der Waals surface area contributed by atoms with Crippen molar-refractivity contribution in [1.29, 1.82) is 0 Å². The van der Waals surface area contributed by atoms with E-state index in [0.717, 1.165) is 4.47 Å². The molecular formula is C14H12BrNO3. The maximum Gasteiger partial charge on any atom is 0.337 e. The Hall–Kier alpha value is -1.88. The number of carbonyl (C=O) groups is 1. The molecule has 0 saturated heterocycles. The molecule has 0 saturated carbocycles. The number of benzene rings is 1. The molecule has 0 amide bonds. The number of aromatic carboxylic acids is 1. The highest BCUT2D eigenvalue weighted by Gasteiger charge is 2.14. The van der Waals surface area contributed by atoms with E-state index >= 15 is 0 Å². The summed E-state index contributed by atoms with van der Waals surface area (Å²) in [7, 11) is 0. The van der Waals surface area contributed by atoms with E-state index in [1.165, 1.54) is 12.1 Å². The molecule has 0 spiro atoms. The van der Waals surface area contributed by atoms with Crippen LogP contribution in [0, 0.1) is 13.8 Å². The van der Waals surface area contributed by atoms with Gasteiger partial charge in [-0.2, -0.15) is 0 Å². The summed E-state index contributed by atoms with van der Waals surface area (Å²) in [5, 5.41) is 9.26. The fourth-order valence-electron chi connectivity index (χ4n) is 2.11. The first-order valence-corrected chi connectivity index (χ1v) is 6.43. The number of carboxylic acids is 1. The van der Waals surface area contributed by atoms with E-state index in [-0.39, 0.29) is 11.0 Å². The summed E-state index contributed by atoms with van der Waals surface area (Å²) in [6, 6.07) is 7.92. The molecule has 1 aromatic heterocycles. The van der Waals surface area contributed by atoms with Crippen molar-refractivity contribution in [3.8, 4) is 5.69 Å². The number of aromatic nitrogens is 1. The summed E-state index contributed by atoms with van der Waals surface area (Å²) >= 11 is 3.34. The van der Waals surface area contributed by atoms with Crippen LogP contribution in [0.4, 0.5) is 0 Å². The van der Waals surface area contributed by atoms with Gasteiger partial charge in [-0.25, -0.2) is 4.79 Å². The third-order valence-electron chi connectivity index (χ3n) is 2.84. The average molecular weight is 322 g/mol. The van der Waals surface area contributed by atoms with Crippen molar-refractivity contribution in [2.24, 2.45) is 0 Å². The molecule has 4 nitrogen and oxygen atoms in total. The molecule has 2 aromatic rings. The highest BCUT2D eigenvalue weighted by molar-refractivity contribution is 9.10. The zero-order valence-electron chi connectivity index (χ0n) is 10.5. The number of halogens is 1. The predicted molar refractivity (Wildman–Crippen MR) is 76.2 cm³/mol. The molecule has 1 aromatic carbocycles. The van der Waals surface area contributed by atoms with E-state index in [4.69, 9.17) is 0 Å². The lowest BCUT2D eigenvalue weighted by Gasteiger charge is -2.16. The van der Waals surface area contributed by atoms with Crippen LogP contribution in [0.1, 0.15) is 21.7 Å². The summed E-state index contributed by atoms with van der Waals surface area (Å²) in [6.07, 6.45) is 0. The van der Waals surface area contributed by atoms with Crippen molar-refractivity contribution in [1.82, 2.24) is 4.57 Å². The zero-order valence-corrected chi connectivity index (χ0v) is 12.1. The Morgan fingerprint density at radius 1 is 1.16 bits per heavy atom. The van der Waals surface area contributed by atoms with Crippen molar-refractivity contribution >= 4 is 21.9 Å². The van der Waals surface area contributed by atoms with E-state index in [0.29, 0.717) is 17.1 Å². The van der Waals surface area contributed by atoms with Gasteiger partial charge in [0.15, 0.2) is 5.43 Å². The second-order valence-corrected chi connectivity index (χ2v) is 5.19. The summed E-state index contributed by atoms with van der Waals surface area (Å²) in [5.74, 6) is -1.000. The normalized spacial score (nSPS) is 10.5. The number of hydrogen-bond donors (Lipinski definition) is 1. The van der Waals surface area contributed by atoms with E-state index in [1.54, 1.807) is 36.6 Å². The molecule has 0 aliphatic carbocycles. The lowest BCUT2D eigenvalue weighted by atomic mass is 10.1. The Morgan fingerprint density at radius 3 is 2.26 bits per heavy atom. The van der Waals surface area contributed by atoms with Gasteiger partial charge in [-0.3, -0.25) is 4.79 Å². The van der Waals surface area contributed by atoms with E-state index in [1.807, 2.05) is 0 Å². The Labute approximate surface area is 118 Å². The lowest BCUT2D eigenvalue weighted by molar-refractivity contribution is 0.0697. The fraction of sp³-hybridized carbons (Fsp3) is 0.143. The SMILES string of the molecule is Cc1cc(=O)cc(C)n1-c1cc(Br)ccc1C(=O)O.